The molecule has 3 aliphatic heterocycles. The summed E-state index contributed by atoms with van der Waals surface area (Å²) < 4.78 is 5.46. The van der Waals surface area contributed by atoms with E-state index in [9.17, 15) is 4.79 Å². The van der Waals surface area contributed by atoms with Gasteiger partial charge in [0, 0.05) is 25.3 Å². The van der Waals surface area contributed by atoms with Crippen molar-refractivity contribution in [1.82, 2.24) is 10.2 Å². The van der Waals surface area contributed by atoms with Gasteiger partial charge in [-0.3, -0.25) is 9.69 Å². The normalized spacial score (nSPS) is 34.5. The summed E-state index contributed by atoms with van der Waals surface area (Å²) in [6.45, 7) is 3.61. The highest BCUT2D eigenvalue weighted by atomic mass is 16.5. The fourth-order valence-corrected chi connectivity index (χ4v) is 3.46. The molecule has 16 heavy (non-hydrogen) atoms. The van der Waals surface area contributed by atoms with Gasteiger partial charge in [-0.15, -0.1) is 0 Å². The van der Waals surface area contributed by atoms with Crippen molar-refractivity contribution >= 4 is 5.91 Å². The Morgan fingerprint density at radius 2 is 2.12 bits per heavy atom. The molecule has 0 aromatic carbocycles. The molecule has 90 valence electrons. The lowest BCUT2D eigenvalue weighted by Gasteiger charge is -2.54. The average molecular weight is 224 g/mol. The number of piperidine rings is 1. The molecular weight excluding hydrogens is 204 g/mol. The van der Waals surface area contributed by atoms with Crippen LogP contribution in [0.1, 0.15) is 32.1 Å². The minimum atomic E-state index is 0.139. The second-order valence-electron chi connectivity index (χ2n) is 5.26. The largest absolute Gasteiger partial charge is 0.381 e. The van der Waals surface area contributed by atoms with Crippen molar-refractivity contribution in [2.45, 2.75) is 43.7 Å². The summed E-state index contributed by atoms with van der Waals surface area (Å²) in [4.78, 5) is 14.4. The average Bonchev–Trinajstić information content (AvgIpc) is 2.36. The second kappa shape index (κ2) is 4.00. The predicted molar refractivity (Wildman–Crippen MR) is 60.1 cm³/mol. The summed E-state index contributed by atoms with van der Waals surface area (Å²) >= 11 is 0. The van der Waals surface area contributed by atoms with Crippen molar-refractivity contribution in [3.63, 3.8) is 0 Å². The molecule has 0 radical (unpaired) electrons. The number of rotatable bonds is 0. The van der Waals surface area contributed by atoms with Gasteiger partial charge < -0.3 is 10.1 Å². The number of amides is 1. The Morgan fingerprint density at radius 1 is 1.31 bits per heavy atom. The van der Waals surface area contributed by atoms with Crippen LogP contribution in [0.4, 0.5) is 0 Å². The molecule has 1 N–H and O–H groups in total. The van der Waals surface area contributed by atoms with Crippen molar-refractivity contribution in [2.75, 3.05) is 26.3 Å². The van der Waals surface area contributed by atoms with E-state index in [2.05, 4.69) is 10.2 Å². The van der Waals surface area contributed by atoms with Gasteiger partial charge in [-0.05, 0) is 32.2 Å². The van der Waals surface area contributed by atoms with Gasteiger partial charge in [0.1, 0.15) is 0 Å². The van der Waals surface area contributed by atoms with E-state index in [0.29, 0.717) is 0 Å². The molecule has 1 amide bonds. The molecule has 0 bridgehead atoms. The van der Waals surface area contributed by atoms with Gasteiger partial charge in [-0.1, -0.05) is 6.42 Å². The maximum atomic E-state index is 11.9. The number of piperazine rings is 1. The third-order valence-electron chi connectivity index (χ3n) is 4.43. The first kappa shape index (κ1) is 10.5. The molecule has 1 atom stereocenters. The predicted octanol–water partition coefficient (Wildman–Crippen LogP) is 0.520. The van der Waals surface area contributed by atoms with Crippen LogP contribution in [-0.2, 0) is 9.53 Å². The first-order valence-electron chi connectivity index (χ1n) is 6.44. The van der Waals surface area contributed by atoms with E-state index >= 15 is 0 Å². The molecule has 3 saturated heterocycles. The third-order valence-corrected chi connectivity index (χ3v) is 4.43. The number of nitrogens with one attached hydrogen (secondary N) is 1. The lowest BCUT2D eigenvalue weighted by molar-refractivity contribution is -0.143. The van der Waals surface area contributed by atoms with Crippen LogP contribution in [0.15, 0.2) is 0 Å². The minimum absolute atomic E-state index is 0.139. The van der Waals surface area contributed by atoms with Crippen LogP contribution in [0.5, 0.6) is 0 Å². The van der Waals surface area contributed by atoms with Crippen molar-refractivity contribution in [2.24, 2.45) is 0 Å². The molecule has 1 unspecified atom stereocenters. The molecule has 0 aromatic heterocycles. The quantitative estimate of drug-likeness (QED) is 0.652. The van der Waals surface area contributed by atoms with Crippen molar-refractivity contribution < 1.29 is 9.53 Å². The van der Waals surface area contributed by atoms with E-state index < -0.39 is 0 Å². The van der Waals surface area contributed by atoms with Crippen LogP contribution < -0.4 is 5.32 Å². The molecule has 4 nitrogen and oxygen atoms in total. The number of ether oxygens (including phenoxy) is 1. The van der Waals surface area contributed by atoms with Crippen molar-refractivity contribution in [3.05, 3.63) is 0 Å². The zero-order valence-electron chi connectivity index (χ0n) is 9.71. The summed E-state index contributed by atoms with van der Waals surface area (Å²) in [7, 11) is 0. The smallest absolute Gasteiger partial charge is 0.237 e. The summed E-state index contributed by atoms with van der Waals surface area (Å²) in [6, 6.07) is 0.139. The Morgan fingerprint density at radius 3 is 2.94 bits per heavy atom. The summed E-state index contributed by atoms with van der Waals surface area (Å²) in [5.74, 6) is 0.247. The molecule has 0 aromatic rings. The molecule has 1 spiro atoms. The summed E-state index contributed by atoms with van der Waals surface area (Å²) in [5.41, 5.74) is 0.206. The number of hydrogen-bond donors (Lipinski definition) is 1. The Bertz CT molecular complexity index is 287. The van der Waals surface area contributed by atoms with Crippen molar-refractivity contribution in [1.29, 1.82) is 0 Å². The molecule has 0 saturated carbocycles. The first-order chi connectivity index (χ1) is 7.82. The molecule has 0 aliphatic carbocycles. The summed E-state index contributed by atoms with van der Waals surface area (Å²) in [6.07, 6.45) is 5.62. The fourth-order valence-electron chi connectivity index (χ4n) is 3.46. The number of nitrogens with zero attached hydrogens (tertiary/aromatic N) is 1. The zero-order chi connectivity index (χ0) is 11.0. The topological polar surface area (TPSA) is 41.6 Å². The second-order valence-corrected chi connectivity index (χ2v) is 5.26. The van der Waals surface area contributed by atoms with Crippen LogP contribution in [0.25, 0.3) is 0 Å². The first-order valence-corrected chi connectivity index (χ1v) is 6.44. The Kier molecular flexibility index (Phi) is 2.64. The SMILES string of the molecule is O=C1NCC2(CCOCC2)N2CCCCC12. The van der Waals surface area contributed by atoms with E-state index in [0.717, 1.165) is 45.6 Å². The van der Waals surface area contributed by atoms with E-state index in [-0.39, 0.29) is 17.5 Å². The highest BCUT2D eigenvalue weighted by Crippen LogP contribution is 2.35. The maximum absolute atomic E-state index is 11.9. The van der Waals surface area contributed by atoms with E-state index in [1.54, 1.807) is 0 Å². The van der Waals surface area contributed by atoms with E-state index in [1.165, 1.54) is 12.8 Å². The number of hydrogen-bond acceptors (Lipinski definition) is 3. The van der Waals surface area contributed by atoms with Crippen LogP contribution in [0, 0.1) is 0 Å². The third kappa shape index (κ3) is 1.55. The Balaban J connectivity index is 1.85. The number of carbonyl (C=O) groups excluding carboxylic acids is 1. The Labute approximate surface area is 96.3 Å². The number of carbonyl (C=O) groups is 1. The fraction of sp³-hybridized carbons (Fsp3) is 0.917. The lowest BCUT2D eigenvalue weighted by Crippen LogP contribution is -2.70. The van der Waals surface area contributed by atoms with Gasteiger partial charge in [-0.25, -0.2) is 0 Å². The minimum Gasteiger partial charge on any atom is -0.381 e. The van der Waals surface area contributed by atoms with Gasteiger partial charge in [-0.2, -0.15) is 0 Å². The zero-order valence-corrected chi connectivity index (χ0v) is 9.71. The lowest BCUT2D eigenvalue weighted by atomic mass is 9.81. The maximum Gasteiger partial charge on any atom is 0.237 e. The molecule has 3 heterocycles. The highest BCUT2D eigenvalue weighted by molar-refractivity contribution is 5.83. The molecular formula is C12H20N2O2. The van der Waals surface area contributed by atoms with Crippen LogP contribution in [0.2, 0.25) is 0 Å². The highest BCUT2D eigenvalue weighted by Gasteiger charge is 2.48. The van der Waals surface area contributed by atoms with Gasteiger partial charge in [0.15, 0.2) is 0 Å². The number of fused-ring (bicyclic) bond motifs is 2. The van der Waals surface area contributed by atoms with Crippen LogP contribution in [-0.4, -0.2) is 48.7 Å². The van der Waals surface area contributed by atoms with E-state index in [1.807, 2.05) is 0 Å². The van der Waals surface area contributed by atoms with Crippen LogP contribution >= 0.6 is 0 Å². The van der Waals surface area contributed by atoms with Gasteiger partial charge in [0.25, 0.3) is 0 Å². The molecule has 3 fully saturated rings. The van der Waals surface area contributed by atoms with E-state index in [4.69, 9.17) is 4.74 Å². The summed E-state index contributed by atoms with van der Waals surface area (Å²) in [5, 5.41) is 3.11. The van der Waals surface area contributed by atoms with Gasteiger partial charge in [0.2, 0.25) is 5.91 Å². The molecule has 3 rings (SSSR count). The Hall–Kier alpha value is -0.610. The monoisotopic (exact) mass is 224 g/mol. The van der Waals surface area contributed by atoms with Gasteiger partial charge >= 0.3 is 0 Å². The van der Waals surface area contributed by atoms with Gasteiger partial charge in [0.05, 0.1) is 6.04 Å². The van der Waals surface area contributed by atoms with Crippen molar-refractivity contribution in [3.8, 4) is 0 Å². The van der Waals surface area contributed by atoms with Crippen LogP contribution in [0.3, 0.4) is 0 Å². The molecule has 3 aliphatic rings. The molecule has 4 heteroatoms. The standard InChI is InChI=1S/C12H20N2O2/c15-11-10-3-1-2-6-14(10)12(9-13-11)4-7-16-8-5-12/h10H,1-9H2,(H,13,15).